The van der Waals surface area contributed by atoms with E-state index in [4.69, 9.17) is 9.15 Å². The van der Waals surface area contributed by atoms with Crippen LogP contribution in [0.25, 0.3) is 0 Å². The van der Waals surface area contributed by atoms with Crippen molar-refractivity contribution >= 4 is 23.6 Å². The number of ether oxygens (including phenoxy) is 1. The number of para-hydroxylation sites is 1. The van der Waals surface area contributed by atoms with Crippen LogP contribution in [0.5, 0.6) is 0 Å². The Bertz CT molecular complexity index is 910. The molecule has 8 heteroatoms. The lowest BCUT2D eigenvalue weighted by Crippen LogP contribution is -2.43. The largest absolute Gasteiger partial charge is 0.467 e. The van der Waals surface area contributed by atoms with Crippen LogP contribution in [0.2, 0.25) is 0 Å². The third-order valence-electron chi connectivity index (χ3n) is 4.95. The van der Waals surface area contributed by atoms with Crippen molar-refractivity contribution in [2.24, 2.45) is 5.92 Å². The third-order valence-corrected chi connectivity index (χ3v) is 4.95. The van der Waals surface area contributed by atoms with Crippen molar-refractivity contribution < 1.29 is 23.5 Å². The summed E-state index contributed by atoms with van der Waals surface area (Å²) in [5.74, 6) is -0.0493. The molecule has 2 N–H and O–H groups in total. The molecule has 1 fully saturated rings. The highest BCUT2D eigenvalue weighted by Crippen LogP contribution is 2.23. The van der Waals surface area contributed by atoms with Gasteiger partial charge in [0.2, 0.25) is 5.91 Å². The second-order valence-electron chi connectivity index (χ2n) is 8.54. The Morgan fingerprint density at radius 1 is 1.10 bits per heavy atom. The standard InChI is InChI=1S/C23H29N3O5/c1-23(2,3)31-22(29)26-12-10-16(11-13-26)20(27)25-19-9-5-4-8-18(19)21(28)24-15-17-7-6-14-30-17/h4-9,14,16H,10-13,15H2,1-3H3,(H,24,28)(H,25,27). The molecule has 0 spiro atoms. The van der Waals surface area contributed by atoms with Gasteiger partial charge >= 0.3 is 6.09 Å². The predicted octanol–water partition coefficient (Wildman–Crippen LogP) is 3.80. The number of amides is 3. The fourth-order valence-electron chi connectivity index (χ4n) is 3.35. The van der Waals surface area contributed by atoms with Gasteiger partial charge in [-0.3, -0.25) is 9.59 Å². The number of carbonyl (C=O) groups is 3. The monoisotopic (exact) mass is 427 g/mol. The van der Waals surface area contributed by atoms with Crippen molar-refractivity contribution in [2.45, 2.75) is 45.8 Å². The number of likely N-dealkylation sites (tertiary alicyclic amines) is 1. The van der Waals surface area contributed by atoms with Crippen LogP contribution in [0.15, 0.2) is 47.1 Å². The highest BCUT2D eigenvalue weighted by atomic mass is 16.6. The number of piperidine rings is 1. The molecular formula is C23H29N3O5. The molecule has 0 aliphatic carbocycles. The highest BCUT2D eigenvalue weighted by Gasteiger charge is 2.30. The first-order valence-corrected chi connectivity index (χ1v) is 10.4. The third kappa shape index (κ3) is 6.34. The van der Waals surface area contributed by atoms with Gasteiger partial charge in [0, 0.05) is 19.0 Å². The second kappa shape index (κ2) is 9.68. The van der Waals surface area contributed by atoms with Crippen molar-refractivity contribution in [2.75, 3.05) is 18.4 Å². The van der Waals surface area contributed by atoms with Crippen molar-refractivity contribution in [3.05, 3.63) is 54.0 Å². The summed E-state index contributed by atoms with van der Waals surface area (Å²) < 4.78 is 10.6. The summed E-state index contributed by atoms with van der Waals surface area (Å²) in [5, 5.41) is 5.67. The van der Waals surface area contributed by atoms with Gasteiger partial charge in [-0.1, -0.05) is 12.1 Å². The summed E-state index contributed by atoms with van der Waals surface area (Å²) in [6, 6.07) is 10.4. The van der Waals surface area contributed by atoms with Crippen LogP contribution in [0.4, 0.5) is 10.5 Å². The Hall–Kier alpha value is -3.29. The van der Waals surface area contributed by atoms with E-state index in [9.17, 15) is 14.4 Å². The van der Waals surface area contributed by atoms with E-state index >= 15 is 0 Å². The average molecular weight is 428 g/mol. The Labute approximate surface area is 181 Å². The van der Waals surface area contributed by atoms with E-state index in [0.29, 0.717) is 42.9 Å². The molecule has 0 saturated carbocycles. The van der Waals surface area contributed by atoms with E-state index in [0.717, 1.165) is 0 Å². The van der Waals surface area contributed by atoms with Crippen LogP contribution in [0.1, 0.15) is 49.7 Å². The number of benzene rings is 1. The maximum Gasteiger partial charge on any atom is 0.410 e. The molecule has 3 rings (SSSR count). The number of rotatable bonds is 5. The molecule has 0 atom stereocenters. The van der Waals surface area contributed by atoms with Gasteiger partial charge in [-0.05, 0) is 57.9 Å². The first-order valence-electron chi connectivity index (χ1n) is 10.4. The van der Waals surface area contributed by atoms with Crippen LogP contribution in [0, 0.1) is 5.92 Å². The smallest absolute Gasteiger partial charge is 0.410 e. The number of nitrogens with zero attached hydrogens (tertiary/aromatic N) is 1. The van der Waals surface area contributed by atoms with Crippen LogP contribution in [0.3, 0.4) is 0 Å². The predicted molar refractivity (Wildman–Crippen MR) is 115 cm³/mol. The summed E-state index contributed by atoms with van der Waals surface area (Å²) >= 11 is 0. The van der Waals surface area contributed by atoms with Gasteiger partial charge in [-0.25, -0.2) is 4.79 Å². The van der Waals surface area contributed by atoms with Gasteiger partial charge < -0.3 is 24.7 Å². The van der Waals surface area contributed by atoms with Crippen LogP contribution in [-0.2, 0) is 16.1 Å². The normalized spacial score (nSPS) is 14.7. The Morgan fingerprint density at radius 2 is 1.81 bits per heavy atom. The zero-order chi connectivity index (χ0) is 22.4. The zero-order valence-corrected chi connectivity index (χ0v) is 18.1. The number of nitrogens with one attached hydrogen (secondary N) is 2. The molecule has 2 heterocycles. The SMILES string of the molecule is CC(C)(C)OC(=O)N1CCC(C(=O)Nc2ccccc2C(=O)NCc2ccco2)CC1. The van der Waals surface area contributed by atoms with Gasteiger partial charge in [0.1, 0.15) is 11.4 Å². The molecule has 31 heavy (non-hydrogen) atoms. The van der Waals surface area contributed by atoms with Crippen molar-refractivity contribution in [3.63, 3.8) is 0 Å². The van der Waals surface area contributed by atoms with E-state index in [2.05, 4.69) is 10.6 Å². The topological polar surface area (TPSA) is 101 Å². The molecule has 0 radical (unpaired) electrons. The fourth-order valence-corrected chi connectivity index (χ4v) is 3.35. The van der Waals surface area contributed by atoms with Gasteiger partial charge in [0.15, 0.2) is 0 Å². The van der Waals surface area contributed by atoms with E-state index in [1.165, 1.54) is 0 Å². The molecule has 166 valence electrons. The van der Waals surface area contributed by atoms with Crippen LogP contribution < -0.4 is 10.6 Å². The maximum atomic E-state index is 12.8. The first kappa shape index (κ1) is 22.4. The molecule has 0 unspecified atom stereocenters. The van der Waals surface area contributed by atoms with Gasteiger partial charge in [-0.15, -0.1) is 0 Å². The van der Waals surface area contributed by atoms with Crippen LogP contribution >= 0.6 is 0 Å². The molecule has 1 aliphatic heterocycles. The minimum Gasteiger partial charge on any atom is -0.467 e. The summed E-state index contributed by atoms with van der Waals surface area (Å²) in [5.41, 5.74) is 0.291. The van der Waals surface area contributed by atoms with Gasteiger partial charge in [0.05, 0.1) is 24.1 Å². The molecular weight excluding hydrogens is 398 g/mol. The minimum absolute atomic E-state index is 0.157. The molecule has 3 amide bonds. The molecule has 0 bridgehead atoms. The summed E-state index contributed by atoms with van der Waals surface area (Å²) in [4.78, 5) is 39.2. The highest BCUT2D eigenvalue weighted by molar-refractivity contribution is 6.04. The molecule has 1 saturated heterocycles. The van der Waals surface area contributed by atoms with E-state index in [-0.39, 0.29) is 30.4 Å². The number of hydrogen-bond acceptors (Lipinski definition) is 5. The number of furan rings is 1. The molecule has 8 nitrogen and oxygen atoms in total. The average Bonchev–Trinajstić information content (AvgIpc) is 3.25. The number of anilines is 1. The van der Waals surface area contributed by atoms with Crippen molar-refractivity contribution in [1.29, 1.82) is 0 Å². The summed E-state index contributed by atoms with van der Waals surface area (Å²) in [7, 11) is 0. The quantitative estimate of drug-likeness (QED) is 0.756. The van der Waals surface area contributed by atoms with Gasteiger partial charge in [-0.2, -0.15) is 0 Å². The second-order valence-corrected chi connectivity index (χ2v) is 8.54. The van der Waals surface area contributed by atoms with Crippen LogP contribution in [-0.4, -0.2) is 41.5 Å². The van der Waals surface area contributed by atoms with E-state index in [1.807, 2.05) is 20.8 Å². The lowest BCUT2D eigenvalue weighted by molar-refractivity contribution is -0.121. The lowest BCUT2D eigenvalue weighted by Gasteiger charge is -2.33. The summed E-state index contributed by atoms with van der Waals surface area (Å²) in [6.07, 6.45) is 2.27. The van der Waals surface area contributed by atoms with Crippen molar-refractivity contribution in [3.8, 4) is 0 Å². The summed E-state index contributed by atoms with van der Waals surface area (Å²) in [6.45, 7) is 6.65. The van der Waals surface area contributed by atoms with E-state index < -0.39 is 5.60 Å². The fraction of sp³-hybridized carbons (Fsp3) is 0.435. The van der Waals surface area contributed by atoms with Crippen molar-refractivity contribution in [1.82, 2.24) is 10.2 Å². The zero-order valence-electron chi connectivity index (χ0n) is 18.1. The maximum absolute atomic E-state index is 12.8. The molecule has 1 aromatic heterocycles. The lowest BCUT2D eigenvalue weighted by atomic mass is 9.96. The minimum atomic E-state index is -0.549. The van der Waals surface area contributed by atoms with Gasteiger partial charge in [0.25, 0.3) is 5.91 Å². The number of hydrogen-bond donors (Lipinski definition) is 2. The molecule has 1 aromatic carbocycles. The number of carbonyl (C=O) groups excluding carboxylic acids is 3. The Morgan fingerprint density at radius 3 is 2.45 bits per heavy atom. The van der Waals surface area contributed by atoms with E-state index in [1.54, 1.807) is 47.6 Å². The first-order chi connectivity index (χ1) is 14.7. The molecule has 2 aromatic rings. The Kier molecular flexibility index (Phi) is 6.99. The molecule has 1 aliphatic rings. The Balaban J connectivity index is 1.55.